The van der Waals surface area contributed by atoms with E-state index in [9.17, 15) is 9.59 Å². The Bertz CT molecular complexity index is 546. The number of carbonyl (C=O) groups is 2. The lowest BCUT2D eigenvalue weighted by Gasteiger charge is -2.21. The number of hydrogen-bond acceptors (Lipinski definition) is 4. The van der Waals surface area contributed by atoms with Gasteiger partial charge in [-0.1, -0.05) is 124 Å². The lowest BCUT2D eigenvalue weighted by Crippen LogP contribution is -2.19. The maximum Gasteiger partial charge on any atom is 0.305 e. The molecule has 0 bridgehead atoms. The molecule has 0 aliphatic heterocycles. The average molecular weight is 552 g/mol. The van der Waals surface area contributed by atoms with E-state index in [1.54, 1.807) is 0 Å². The van der Waals surface area contributed by atoms with Gasteiger partial charge in [-0.15, -0.1) is 0 Å². The topological polar surface area (TPSA) is 46.6 Å². The van der Waals surface area contributed by atoms with Crippen LogP contribution in [-0.2, 0) is 14.3 Å². The third-order valence-electron chi connectivity index (χ3n) is 8.43. The van der Waals surface area contributed by atoms with E-state index in [0.29, 0.717) is 30.8 Å². The van der Waals surface area contributed by atoms with Crippen molar-refractivity contribution in [3.63, 3.8) is 0 Å². The first-order valence-corrected chi connectivity index (χ1v) is 17.0. The van der Waals surface area contributed by atoms with Gasteiger partial charge in [-0.3, -0.25) is 4.79 Å². The Morgan fingerprint density at radius 3 is 1.67 bits per heavy atom. The number of unbranched alkanes of at least 4 members (excludes halogenated alkanes) is 13. The van der Waals surface area contributed by atoms with E-state index in [-0.39, 0.29) is 5.97 Å². The van der Waals surface area contributed by atoms with E-state index in [0.717, 1.165) is 44.3 Å². The molecule has 0 aromatic rings. The van der Waals surface area contributed by atoms with Gasteiger partial charge in [-0.2, -0.15) is 0 Å². The summed E-state index contributed by atoms with van der Waals surface area (Å²) in [6, 6.07) is 0. The number of aldehydes is 1. The molecule has 39 heavy (non-hydrogen) atoms. The zero-order valence-corrected chi connectivity index (χ0v) is 27.3. The highest BCUT2D eigenvalue weighted by Crippen LogP contribution is 2.23. The lowest BCUT2D eigenvalue weighted by atomic mass is 9.89. The third-order valence-corrected chi connectivity index (χ3v) is 8.43. The van der Waals surface area contributed by atoms with Crippen LogP contribution in [0.2, 0.25) is 0 Å². The number of carbonyl (C=O) groups excluding carboxylic acids is 2. The van der Waals surface area contributed by atoms with Gasteiger partial charge in [0.2, 0.25) is 0 Å². The van der Waals surface area contributed by atoms with Gasteiger partial charge in [0.15, 0.2) is 0 Å². The van der Waals surface area contributed by atoms with Crippen LogP contribution < -0.4 is 0 Å². The molecule has 0 saturated heterocycles. The second-order valence-electron chi connectivity index (χ2n) is 13.3. The normalized spacial score (nSPS) is 13.4. The molecule has 0 radical (unpaired) electrons. The Morgan fingerprint density at radius 2 is 1.18 bits per heavy atom. The third kappa shape index (κ3) is 27.1. The first-order valence-electron chi connectivity index (χ1n) is 17.0. The molecule has 0 aromatic carbocycles. The van der Waals surface area contributed by atoms with Gasteiger partial charge in [0.05, 0.1) is 6.61 Å². The molecule has 232 valence electrons. The quantitative estimate of drug-likeness (QED) is 0.0527. The van der Waals surface area contributed by atoms with Crippen molar-refractivity contribution in [2.45, 2.75) is 163 Å². The fourth-order valence-electron chi connectivity index (χ4n) is 5.43. The fraction of sp³-hybridized carbons (Fsp3) is 0.943. The van der Waals surface area contributed by atoms with Crippen molar-refractivity contribution in [1.29, 1.82) is 0 Å². The molecule has 0 amide bonds. The largest absolute Gasteiger partial charge is 0.465 e. The van der Waals surface area contributed by atoms with Crippen molar-refractivity contribution < 1.29 is 14.3 Å². The summed E-state index contributed by atoms with van der Waals surface area (Å²) in [5.74, 6) is 2.66. The molecule has 0 N–H and O–H groups in total. The van der Waals surface area contributed by atoms with Crippen molar-refractivity contribution in [2.24, 2.45) is 23.7 Å². The molecular weight excluding hydrogens is 482 g/mol. The molecular formula is C35H69NO3. The molecule has 0 rings (SSSR count). The van der Waals surface area contributed by atoms with Crippen LogP contribution in [0.25, 0.3) is 0 Å². The number of esters is 1. The maximum absolute atomic E-state index is 12.2. The second-order valence-corrected chi connectivity index (χ2v) is 13.3. The molecule has 0 aromatic heterocycles. The van der Waals surface area contributed by atoms with Crippen molar-refractivity contribution >= 4 is 12.3 Å². The average Bonchev–Trinajstić information content (AvgIpc) is 2.88. The second kappa shape index (κ2) is 27.3. The summed E-state index contributed by atoms with van der Waals surface area (Å²) in [7, 11) is 4.38. The predicted octanol–water partition coefficient (Wildman–Crippen LogP) is 10.0. The van der Waals surface area contributed by atoms with Crippen molar-refractivity contribution in [1.82, 2.24) is 4.90 Å². The Balaban J connectivity index is 3.84. The van der Waals surface area contributed by atoms with Crippen LogP contribution in [0.5, 0.6) is 0 Å². The minimum atomic E-state index is 0.00329. The van der Waals surface area contributed by atoms with Crippen molar-refractivity contribution in [3.05, 3.63) is 0 Å². The Labute approximate surface area is 244 Å². The van der Waals surface area contributed by atoms with Crippen LogP contribution in [0.1, 0.15) is 163 Å². The number of rotatable bonds is 29. The number of nitrogens with zero attached hydrogens (tertiary/aromatic N) is 1. The summed E-state index contributed by atoms with van der Waals surface area (Å²) < 4.78 is 5.63. The molecule has 4 nitrogen and oxygen atoms in total. The highest BCUT2D eigenvalue weighted by Gasteiger charge is 2.16. The van der Waals surface area contributed by atoms with E-state index in [1.807, 2.05) is 0 Å². The van der Waals surface area contributed by atoms with E-state index in [2.05, 4.69) is 46.7 Å². The number of ether oxygens (including phenoxy) is 1. The van der Waals surface area contributed by atoms with E-state index < -0.39 is 0 Å². The summed E-state index contributed by atoms with van der Waals surface area (Å²) in [5, 5.41) is 0. The Morgan fingerprint density at radius 1 is 0.667 bits per heavy atom. The van der Waals surface area contributed by atoms with Crippen molar-refractivity contribution in [2.75, 3.05) is 27.2 Å². The highest BCUT2D eigenvalue weighted by molar-refractivity contribution is 5.69. The van der Waals surface area contributed by atoms with Gasteiger partial charge >= 0.3 is 5.97 Å². The summed E-state index contributed by atoms with van der Waals surface area (Å²) in [5.41, 5.74) is 0. The van der Waals surface area contributed by atoms with Gasteiger partial charge in [0, 0.05) is 12.8 Å². The zero-order valence-electron chi connectivity index (χ0n) is 27.3. The number of hydrogen-bond donors (Lipinski definition) is 0. The van der Waals surface area contributed by atoms with Gasteiger partial charge in [-0.05, 0) is 70.0 Å². The molecule has 4 heteroatoms. The summed E-state index contributed by atoms with van der Waals surface area (Å²) in [6.07, 6.45) is 26.6. The lowest BCUT2D eigenvalue weighted by molar-refractivity contribution is -0.145. The molecule has 0 saturated carbocycles. The maximum atomic E-state index is 12.2. The van der Waals surface area contributed by atoms with E-state index >= 15 is 0 Å². The summed E-state index contributed by atoms with van der Waals surface area (Å²) in [4.78, 5) is 24.9. The van der Waals surface area contributed by atoms with Crippen LogP contribution in [0, 0.1) is 23.7 Å². The first-order chi connectivity index (χ1) is 18.8. The minimum absolute atomic E-state index is 0.00329. The van der Waals surface area contributed by atoms with Gasteiger partial charge in [0.25, 0.3) is 0 Å². The molecule has 0 aliphatic rings. The molecule has 0 spiro atoms. The summed E-state index contributed by atoms with van der Waals surface area (Å²) in [6.45, 7) is 10.8. The van der Waals surface area contributed by atoms with E-state index in [1.165, 1.54) is 103 Å². The smallest absolute Gasteiger partial charge is 0.305 e. The fourth-order valence-corrected chi connectivity index (χ4v) is 5.43. The van der Waals surface area contributed by atoms with E-state index in [4.69, 9.17) is 4.74 Å². The van der Waals surface area contributed by atoms with Crippen LogP contribution in [0.15, 0.2) is 0 Å². The standard InChI is InChI=1S/C35H69NO3/c1-31(2)25-26-34(32(3)4)30-39-35(38)24-20-16-12-9-11-15-19-23-33(27-28-36(5)6)22-18-14-10-7-8-13-17-21-29-37/h29,31-34H,7-28,30H2,1-6H3. The summed E-state index contributed by atoms with van der Waals surface area (Å²) >= 11 is 0. The first kappa shape index (κ1) is 38.1. The predicted molar refractivity (Wildman–Crippen MR) is 169 cm³/mol. The minimum Gasteiger partial charge on any atom is -0.465 e. The molecule has 0 aliphatic carbocycles. The van der Waals surface area contributed by atoms with Crippen LogP contribution in [0.3, 0.4) is 0 Å². The van der Waals surface area contributed by atoms with Gasteiger partial charge in [-0.25, -0.2) is 0 Å². The molecule has 2 unspecified atom stereocenters. The SMILES string of the molecule is CC(C)CCC(COC(=O)CCCCCCCCCC(CCCCCCCCCC=O)CCN(C)C)C(C)C. The van der Waals surface area contributed by atoms with Crippen LogP contribution >= 0.6 is 0 Å². The molecule has 0 heterocycles. The monoisotopic (exact) mass is 552 g/mol. The molecule has 0 fully saturated rings. The van der Waals surface area contributed by atoms with Crippen LogP contribution in [-0.4, -0.2) is 44.4 Å². The zero-order chi connectivity index (χ0) is 29.1. The Kier molecular flexibility index (Phi) is 26.6. The van der Waals surface area contributed by atoms with Gasteiger partial charge < -0.3 is 14.4 Å². The van der Waals surface area contributed by atoms with Crippen molar-refractivity contribution in [3.8, 4) is 0 Å². The van der Waals surface area contributed by atoms with Gasteiger partial charge in [0.1, 0.15) is 6.29 Å². The highest BCUT2D eigenvalue weighted by atomic mass is 16.5. The Hall–Kier alpha value is -0.900. The molecule has 2 atom stereocenters. The van der Waals surface area contributed by atoms with Crippen LogP contribution in [0.4, 0.5) is 0 Å².